The second kappa shape index (κ2) is 7.21. The van der Waals surface area contributed by atoms with Crippen molar-refractivity contribution in [2.45, 2.75) is 11.3 Å². The first kappa shape index (κ1) is 17.6. The average Bonchev–Trinajstić information content (AvgIpc) is 2.94. The standard InChI is InChI=1S/C12H12F3N3O3S2/c1-18-9(19)7-2-4-22-8(7)17-10(18)23-5-3-16-11(20)21-6-12(13,14)15/h2,4H,3,5-6H2,1H3,(H,16,20). The van der Waals surface area contributed by atoms with Crippen LogP contribution in [0, 0.1) is 0 Å². The molecule has 0 aliphatic rings. The van der Waals surface area contributed by atoms with Gasteiger partial charge in [0.1, 0.15) is 4.83 Å². The smallest absolute Gasteiger partial charge is 0.422 e. The molecule has 0 aliphatic heterocycles. The molecule has 0 unspecified atom stereocenters. The molecular weight excluding hydrogens is 355 g/mol. The van der Waals surface area contributed by atoms with Crippen molar-refractivity contribution in [1.82, 2.24) is 14.9 Å². The highest BCUT2D eigenvalue weighted by molar-refractivity contribution is 7.99. The summed E-state index contributed by atoms with van der Waals surface area (Å²) in [5.74, 6) is 0.332. The van der Waals surface area contributed by atoms with Crippen LogP contribution in [-0.2, 0) is 11.8 Å². The molecular formula is C12H12F3N3O3S2. The third-order valence-electron chi connectivity index (χ3n) is 2.63. The molecule has 1 N–H and O–H groups in total. The lowest BCUT2D eigenvalue weighted by molar-refractivity contribution is -0.160. The first-order chi connectivity index (χ1) is 10.8. The molecule has 1 amide bonds. The Morgan fingerprint density at radius 1 is 1.52 bits per heavy atom. The fourth-order valence-corrected chi connectivity index (χ4v) is 3.23. The highest BCUT2D eigenvalue weighted by atomic mass is 32.2. The van der Waals surface area contributed by atoms with Crippen molar-refractivity contribution in [1.29, 1.82) is 0 Å². The van der Waals surface area contributed by atoms with Gasteiger partial charge in [-0.2, -0.15) is 13.2 Å². The van der Waals surface area contributed by atoms with Crippen molar-refractivity contribution in [2.75, 3.05) is 18.9 Å². The van der Waals surface area contributed by atoms with E-state index in [4.69, 9.17) is 0 Å². The molecule has 0 fully saturated rings. The first-order valence-corrected chi connectivity index (χ1v) is 8.19. The van der Waals surface area contributed by atoms with Crippen LogP contribution < -0.4 is 10.9 Å². The molecule has 11 heteroatoms. The Bertz CT molecular complexity index is 757. The fraction of sp³-hybridized carbons (Fsp3) is 0.417. The molecule has 2 aromatic rings. The summed E-state index contributed by atoms with van der Waals surface area (Å²) in [7, 11) is 1.58. The number of hydrogen-bond donors (Lipinski definition) is 1. The van der Waals surface area contributed by atoms with Gasteiger partial charge in [0.25, 0.3) is 5.56 Å². The molecule has 0 aromatic carbocycles. The van der Waals surface area contributed by atoms with Crippen LogP contribution in [0.4, 0.5) is 18.0 Å². The van der Waals surface area contributed by atoms with Crippen molar-refractivity contribution < 1.29 is 22.7 Å². The van der Waals surface area contributed by atoms with Crippen LogP contribution >= 0.6 is 23.1 Å². The van der Waals surface area contributed by atoms with Gasteiger partial charge in [-0.05, 0) is 11.4 Å². The maximum absolute atomic E-state index is 12.1. The molecule has 0 spiro atoms. The van der Waals surface area contributed by atoms with Crippen molar-refractivity contribution >= 4 is 39.4 Å². The molecule has 0 radical (unpaired) electrons. The van der Waals surface area contributed by atoms with E-state index in [9.17, 15) is 22.8 Å². The van der Waals surface area contributed by atoms with Gasteiger partial charge >= 0.3 is 12.3 Å². The predicted molar refractivity (Wildman–Crippen MR) is 81.0 cm³/mol. The highest BCUT2D eigenvalue weighted by Crippen LogP contribution is 2.20. The third-order valence-corrected chi connectivity index (χ3v) is 4.47. The van der Waals surface area contributed by atoms with Gasteiger partial charge in [-0.1, -0.05) is 11.8 Å². The van der Waals surface area contributed by atoms with Crippen LogP contribution in [0.25, 0.3) is 10.2 Å². The molecule has 0 saturated carbocycles. The number of thiophene rings is 1. The number of amides is 1. The van der Waals surface area contributed by atoms with Crippen molar-refractivity contribution in [3.63, 3.8) is 0 Å². The van der Waals surface area contributed by atoms with Crippen molar-refractivity contribution in [2.24, 2.45) is 7.05 Å². The number of alkyl carbamates (subject to hydrolysis) is 1. The molecule has 0 saturated heterocycles. The van der Waals surface area contributed by atoms with Gasteiger partial charge < -0.3 is 10.1 Å². The maximum Gasteiger partial charge on any atom is 0.422 e. The topological polar surface area (TPSA) is 73.2 Å². The van der Waals surface area contributed by atoms with E-state index in [2.05, 4.69) is 15.0 Å². The number of alkyl halides is 3. The molecule has 2 rings (SSSR count). The number of hydrogen-bond acceptors (Lipinski definition) is 6. The van der Waals surface area contributed by atoms with Crippen LogP contribution in [0.1, 0.15) is 0 Å². The highest BCUT2D eigenvalue weighted by Gasteiger charge is 2.29. The third kappa shape index (κ3) is 4.86. The number of thioether (sulfide) groups is 1. The van der Waals surface area contributed by atoms with Crippen molar-refractivity contribution in [3.8, 4) is 0 Å². The number of aromatic nitrogens is 2. The number of halogens is 3. The van der Waals surface area contributed by atoms with Crippen molar-refractivity contribution in [3.05, 3.63) is 21.8 Å². The molecule has 0 aliphatic carbocycles. The Morgan fingerprint density at radius 3 is 2.96 bits per heavy atom. The fourth-order valence-electron chi connectivity index (χ4n) is 1.60. The second-order valence-electron chi connectivity index (χ2n) is 4.36. The number of fused-ring (bicyclic) bond motifs is 1. The lowest BCUT2D eigenvalue weighted by Crippen LogP contribution is -2.30. The van der Waals surface area contributed by atoms with Gasteiger partial charge in [-0.25, -0.2) is 9.78 Å². The maximum atomic E-state index is 12.1. The second-order valence-corrected chi connectivity index (χ2v) is 6.32. The van der Waals surface area contributed by atoms with Crippen LogP contribution in [0.5, 0.6) is 0 Å². The number of carbonyl (C=O) groups excluding carboxylic acids is 1. The molecule has 0 bridgehead atoms. The Morgan fingerprint density at radius 2 is 2.26 bits per heavy atom. The predicted octanol–water partition coefficient (Wildman–Crippen LogP) is 2.38. The summed E-state index contributed by atoms with van der Waals surface area (Å²) in [6.45, 7) is -1.54. The van der Waals surface area contributed by atoms with E-state index in [-0.39, 0.29) is 12.1 Å². The van der Waals surface area contributed by atoms with Crippen LogP contribution in [0.3, 0.4) is 0 Å². The first-order valence-electron chi connectivity index (χ1n) is 6.32. The number of carbonyl (C=O) groups is 1. The monoisotopic (exact) mass is 367 g/mol. The largest absolute Gasteiger partial charge is 0.440 e. The zero-order valence-electron chi connectivity index (χ0n) is 11.8. The Hall–Kier alpha value is -1.75. The van der Waals surface area contributed by atoms with E-state index < -0.39 is 18.9 Å². The van der Waals surface area contributed by atoms with Crippen LogP contribution in [-0.4, -0.2) is 40.7 Å². The van der Waals surface area contributed by atoms with E-state index in [0.717, 1.165) is 0 Å². The van der Waals surface area contributed by atoms with Crippen LogP contribution in [0.15, 0.2) is 21.4 Å². The van der Waals surface area contributed by atoms with Gasteiger partial charge in [0.05, 0.1) is 5.39 Å². The normalized spacial score (nSPS) is 11.7. The molecule has 0 atom stereocenters. The SMILES string of the molecule is Cn1c(SCCNC(=O)OCC(F)(F)F)nc2sccc2c1=O. The van der Waals surface area contributed by atoms with Gasteiger partial charge in [-0.15, -0.1) is 11.3 Å². The van der Waals surface area contributed by atoms with Gasteiger partial charge in [0.15, 0.2) is 11.8 Å². The summed E-state index contributed by atoms with van der Waals surface area (Å²) >= 11 is 2.55. The quantitative estimate of drug-likeness (QED) is 0.499. The zero-order chi connectivity index (χ0) is 17.0. The molecule has 126 valence electrons. The van der Waals surface area contributed by atoms with E-state index in [1.807, 2.05) is 0 Å². The molecule has 23 heavy (non-hydrogen) atoms. The summed E-state index contributed by atoms with van der Waals surface area (Å²) in [4.78, 5) is 28.1. The Kier molecular flexibility index (Phi) is 5.52. The minimum Gasteiger partial charge on any atom is -0.440 e. The Balaban J connectivity index is 1.84. The number of nitrogens with one attached hydrogen (secondary N) is 1. The number of ether oxygens (including phenoxy) is 1. The van der Waals surface area contributed by atoms with Gasteiger partial charge in [0, 0.05) is 19.3 Å². The summed E-state index contributed by atoms with van der Waals surface area (Å²) in [6, 6.07) is 1.70. The molecule has 2 heterocycles. The summed E-state index contributed by atoms with van der Waals surface area (Å²) in [6.07, 6.45) is -5.69. The van der Waals surface area contributed by atoms with Gasteiger partial charge in [-0.3, -0.25) is 9.36 Å². The van der Waals surface area contributed by atoms with Gasteiger partial charge in [0.2, 0.25) is 0 Å². The van der Waals surface area contributed by atoms with E-state index in [1.54, 1.807) is 18.5 Å². The minimum absolute atomic E-state index is 0.0830. The lowest BCUT2D eigenvalue weighted by atomic mass is 10.4. The lowest BCUT2D eigenvalue weighted by Gasteiger charge is -2.09. The van der Waals surface area contributed by atoms with E-state index in [1.165, 1.54) is 27.7 Å². The minimum atomic E-state index is -4.55. The molecule has 2 aromatic heterocycles. The average molecular weight is 367 g/mol. The molecule has 6 nitrogen and oxygen atoms in total. The summed E-state index contributed by atoms with van der Waals surface area (Å²) in [5, 5.41) is 4.97. The number of nitrogens with zero attached hydrogens (tertiary/aromatic N) is 2. The Labute approximate surface area is 136 Å². The van der Waals surface area contributed by atoms with E-state index >= 15 is 0 Å². The zero-order valence-corrected chi connectivity index (χ0v) is 13.5. The summed E-state index contributed by atoms with van der Waals surface area (Å²) in [5.41, 5.74) is -0.170. The van der Waals surface area contributed by atoms with Crippen LogP contribution in [0.2, 0.25) is 0 Å². The summed E-state index contributed by atoms with van der Waals surface area (Å²) < 4.78 is 41.0. The van der Waals surface area contributed by atoms with E-state index in [0.29, 0.717) is 21.1 Å². The number of rotatable bonds is 5.